The molecule has 2 aromatic carbocycles. The summed E-state index contributed by atoms with van der Waals surface area (Å²) in [6, 6.07) is 12.8. The van der Waals surface area contributed by atoms with Gasteiger partial charge in [-0.25, -0.2) is 4.98 Å². The van der Waals surface area contributed by atoms with Gasteiger partial charge in [0.05, 0.1) is 6.61 Å². The lowest BCUT2D eigenvalue weighted by Crippen LogP contribution is -2.18. The zero-order valence-corrected chi connectivity index (χ0v) is 21.0. The lowest BCUT2D eigenvalue weighted by Gasteiger charge is -2.16. The van der Waals surface area contributed by atoms with E-state index in [1.165, 1.54) is 11.3 Å². The van der Waals surface area contributed by atoms with Crippen LogP contribution in [0.1, 0.15) is 35.9 Å². The molecule has 3 heterocycles. The van der Waals surface area contributed by atoms with Crippen LogP contribution in [-0.4, -0.2) is 45.5 Å². The minimum atomic E-state index is -0.299. The van der Waals surface area contributed by atoms with Gasteiger partial charge in [0.1, 0.15) is 29.2 Å². The van der Waals surface area contributed by atoms with Gasteiger partial charge in [-0.1, -0.05) is 0 Å². The molecule has 0 bridgehead atoms. The van der Waals surface area contributed by atoms with E-state index in [0.29, 0.717) is 34.6 Å². The monoisotopic (exact) mass is 505 g/mol. The predicted octanol–water partition coefficient (Wildman–Crippen LogP) is 5.20. The van der Waals surface area contributed by atoms with Crippen molar-refractivity contribution in [3.63, 3.8) is 0 Å². The van der Waals surface area contributed by atoms with Crippen molar-refractivity contribution in [1.82, 2.24) is 19.7 Å². The molecular weight excluding hydrogens is 478 g/mol. The fraction of sp³-hybridized carbons (Fsp3) is 0.308. The van der Waals surface area contributed by atoms with Gasteiger partial charge in [-0.2, -0.15) is 0 Å². The highest BCUT2D eigenvalue weighted by Gasteiger charge is 2.17. The molecule has 10 heteroatoms. The van der Waals surface area contributed by atoms with E-state index in [4.69, 9.17) is 14.2 Å². The van der Waals surface area contributed by atoms with Gasteiger partial charge in [0.25, 0.3) is 5.91 Å². The molecule has 9 nitrogen and oxygen atoms in total. The summed E-state index contributed by atoms with van der Waals surface area (Å²) in [5.41, 5.74) is 1.38. The lowest BCUT2D eigenvalue weighted by molar-refractivity contribution is 0.0916. The number of rotatable bonds is 9. The second-order valence-electron chi connectivity index (χ2n) is 8.54. The first-order valence-electron chi connectivity index (χ1n) is 11.8. The van der Waals surface area contributed by atoms with E-state index in [2.05, 4.69) is 25.1 Å². The lowest BCUT2D eigenvalue weighted by atomic mass is 10.1. The Bertz CT molecular complexity index is 1320. The maximum atomic E-state index is 12.9. The van der Waals surface area contributed by atoms with Crippen molar-refractivity contribution in [3.8, 4) is 28.6 Å². The number of aromatic nitrogens is 4. The van der Waals surface area contributed by atoms with Crippen LogP contribution in [0.2, 0.25) is 0 Å². The molecule has 0 spiro atoms. The number of nitrogens with zero attached hydrogens (tertiary/aromatic N) is 4. The molecule has 1 amide bonds. The third kappa shape index (κ3) is 5.55. The SMILES string of the molecule is COC[C@@H](C)Oc1cc(Oc2ccc(-c3nnc4n3CCCC4)cc2)cc(C(=O)Nc2nccs2)c1. The normalized spacial score (nSPS) is 13.6. The molecule has 2 aromatic heterocycles. The van der Waals surface area contributed by atoms with Crippen LogP contribution in [0.4, 0.5) is 5.13 Å². The maximum absolute atomic E-state index is 12.9. The Labute approximate surface area is 213 Å². The molecule has 0 saturated carbocycles. The average Bonchev–Trinajstić information content (AvgIpc) is 3.54. The summed E-state index contributed by atoms with van der Waals surface area (Å²) < 4.78 is 19.5. The summed E-state index contributed by atoms with van der Waals surface area (Å²) in [6.07, 6.45) is 4.70. The molecule has 4 aromatic rings. The predicted molar refractivity (Wildman–Crippen MR) is 137 cm³/mol. The van der Waals surface area contributed by atoms with E-state index in [9.17, 15) is 4.79 Å². The molecule has 5 rings (SSSR count). The Kier molecular flexibility index (Phi) is 7.24. The van der Waals surface area contributed by atoms with Crippen LogP contribution < -0.4 is 14.8 Å². The van der Waals surface area contributed by atoms with Crippen molar-refractivity contribution in [3.05, 3.63) is 65.4 Å². The second-order valence-corrected chi connectivity index (χ2v) is 9.44. The summed E-state index contributed by atoms with van der Waals surface area (Å²) in [7, 11) is 1.62. The maximum Gasteiger partial charge on any atom is 0.257 e. The minimum absolute atomic E-state index is 0.200. The van der Waals surface area contributed by atoms with E-state index in [1.807, 2.05) is 31.2 Å². The van der Waals surface area contributed by atoms with Gasteiger partial charge in [-0.3, -0.25) is 10.1 Å². The number of carbonyl (C=O) groups is 1. The van der Waals surface area contributed by atoms with Gasteiger partial charge in [0, 0.05) is 48.8 Å². The zero-order chi connectivity index (χ0) is 24.9. The van der Waals surface area contributed by atoms with Crippen LogP contribution in [0.15, 0.2) is 54.0 Å². The summed E-state index contributed by atoms with van der Waals surface area (Å²) in [6.45, 7) is 3.25. The largest absolute Gasteiger partial charge is 0.488 e. The molecule has 186 valence electrons. The van der Waals surface area contributed by atoms with Gasteiger partial charge in [-0.15, -0.1) is 21.5 Å². The van der Waals surface area contributed by atoms with E-state index in [0.717, 1.165) is 43.0 Å². The molecule has 1 aliphatic rings. The summed E-state index contributed by atoms with van der Waals surface area (Å²) in [5, 5.41) is 13.9. The Hall–Kier alpha value is -3.76. The van der Waals surface area contributed by atoms with Crippen molar-refractivity contribution in [2.45, 2.75) is 38.8 Å². The van der Waals surface area contributed by atoms with Crippen molar-refractivity contribution in [2.24, 2.45) is 0 Å². The molecule has 0 radical (unpaired) electrons. The molecule has 1 aliphatic heterocycles. The van der Waals surface area contributed by atoms with Crippen molar-refractivity contribution < 1.29 is 19.0 Å². The zero-order valence-electron chi connectivity index (χ0n) is 20.1. The van der Waals surface area contributed by atoms with Gasteiger partial charge >= 0.3 is 0 Å². The first-order valence-corrected chi connectivity index (χ1v) is 12.7. The van der Waals surface area contributed by atoms with Gasteiger partial charge < -0.3 is 18.8 Å². The number of nitrogens with one attached hydrogen (secondary N) is 1. The van der Waals surface area contributed by atoms with Crippen molar-refractivity contribution in [1.29, 1.82) is 0 Å². The van der Waals surface area contributed by atoms with E-state index < -0.39 is 0 Å². The van der Waals surface area contributed by atoms with Gasteiger partial charge in [0.2, 0.25) is 0 Å². The first-order chi connectivity index (χ1) is 17.6. The number of ether oxygens (including phenoxy) is 3. The summed E-state index contributed by atoms with van der Waals surface area (Å²) in [5.74, 6) is 3.23. The number of hydrogen-bond donors (Lipinski definition) is 1. The van der Waals surface area contributed by atoms with E-state index >= 15 is 0 Å². The smallest absolute Gasteiger partial charge is 0.257 e. The highest BCUT2D eigenvalue weighted by atomic mass is 32.1. The van der Waals surface area contributed by atoms with Crippen molar-refractivity contribution in [2.75, 3.05) is 19.0 Å². The molecule has 1 atom stereocenters. The number of aryl methyl sites for hydroxylation is 1. The molecule has 0 fully saturated rings. The summed E-state index contributed by atoms with van der Waals surface area (Å²) in [4.78, 5) is 17.0. The van der Waals surface area contributed by atoms with Crippen LogP contribution in [0, 0.1) is 0 Å². The first kappa shape index (κ1) is 24.0. The van der Waals surface area contributed by atoms with Crippen LogP contribution in [-0.2, 0) is 17.7 Å². The number of anilines is 1. The highest BCUT2D eigenvalue weighted by molar-refractivity contribution is 7.13. The molecule has 36 heavy (non-hydrogen) atoms. The number of carbonyl (C=O) groups excluding carboxylic acids is 1. The number of methoxy groups -OCH3 is 1. The molecule has 0 aliphatic carbocycles. The number of amides is 1. The standard InChI is InChI=1S/C26H27N5O4S/c1-17(16-33-2)34-21-13-19(25(32)28-26-27-10-12-36-26)14-22(15-21)35-20-8-6-18(7-9-20)24-30-29-23-5-3-4-11-31(23)24/h6-10,12-15,17H,3-5,11,16H2,1-2H3,(H,27,28,32)/t17-/m1/s1. The topological polar surface area (TPSA) is 100 Å². The molecule has 1 N–H and O–H groups in total. The number of hydrogen-bond acceptors (Lipinski definition) is 8. The summed E-state index contributed by atoms with van der Waals surface area (Å²) >= 11 is 1.35. The van der Waals surface area contributed by atoms with Gasteiger partial charge in [-0.05, 0) is 56.2 Å². The fourth-order valence-corrected chi connectivity index (χ4v) is 4.64. The average molecular weight is 506 g/mol. The Morgan fingerprint density at radius 3 is 2.72 bits per heavy atom. The minimum Gasteiger partial charge on any atom is -0.488 e. The van der Waals surface area contributed by atoms with Crippen LogP contribution in [0.25, 0.3) is 11.4 Å². The Morgan fingerprint density at radius 2 is 1.94 bits per heavy atom. The quantitative estimate of drug-likeness (QED) is 0.334. The fourth-order valence-electron chi connectivity index (χ4n) is 4.12. The van der Waals surface area contributed by atoms with Crippen molar-refractivity contribution >= 4 is 22.4 Å². The molecule has 0 saturated heterocycles. The van der Waals surface area contributed by atoms with E-state index in [-0.39, 0.29) is 12.0 Å². The third-order valence-corrected chi connectivity index (χ3v) is 6.43. The van der Waals surface area contributed by atoms with E-state index in [1.54, 1.807) is 36.9 Å². The molecular formula is C26H27N5O4S. The number of fused-ring (bicyclic) bond motifs is 1. The van der Waals surface area contributed by atoms with Crippen LogP contribution in [0.5, 0.6) is 17.2 Å². The number of thiazole rings is 1. The highest BCUT2D eigenvalue weighted by Crippen LogP contribution is 2.31. The number of benzene rings is 2. The Balaban J connectivity index is 1.37. The van der Waals surface area contributed by atoms with Gasteiger partial charge in [0.15, 0.2) is 11.0 Å². The van der Waals surface area contributed by atoms with Crippen LogP contribution >= 0.6 is 11.3 Å². The van der Waals surface area contributed by atoms with Crippen LogP contribution in [0.3, 0.4) is 0 Å². The molecule has 0 unspecified atom stereocenters. The second kappa shape index (κ2) is 10.9. The Morgan fingerprint density at radius 1 is 1.11 bits per heavy atom. The third-order valence-electron chi connectivity index (χ3n) is 5.74.